The number of carboxylic acid groups (broad SMARTS) is 1. The molecular weight excluding hydrogens is 356 g/mol. The molecule has 1 aliphatic rings. The molecule has 0 saturated carbocycles. The number of hydrogen-bond donors (Lipinski definition) is 2. The van der Waals surface area contributed by atoms with Crippen LogP contribution in [0, 0.1) is 5.41 Å². The van der Waals surface area contributed by atoms with Gasteiger partial charge in [0.2, 0.25) is 0 Å². The lowest BCUT2D eigenvalue weighted by atomic mass is 9.90. The monoisotopic (exact) mass is 376 g/mol. The lowest BCUT2D eigenvalue weighted by Crippen LogP contribution is -2.37. The van der Waals surface area contributed by atoms with Gasteiger partial charge in [0.25, 0.3) is 0 Å². The van der Waals surface area contributed by atoms with Crippen molar-refractivity contribution in [2.45, 2.75) is 20.3 Å². The molecule has 1 unspecified atom stereocenters. The zero-order valence-corrected chi connectivity index (χ0v) is 15.4. The summed E-state index contributed by atoms with van der Waals surface area (Å²) >= 11 is 1.34. The number of anilines is 1. The average Bonchev–Trinajstić information content (AvgIpc) is 3.19. The van der Waals surface area contributed by atoms with E-state index in [9.17, 15) is 19.5 Å². The Hall–Kier alpha value is -2.61. The van der Waals surface area contributed by atoms with Crippen molar-refractivity contribution in [1.29, 1.82) is 0 Å². The topological polar surface area (TPSA) is 95.9 Å². The number of likely N-dealkylation sites (tertiary alicyclic amines) is 1. The van der Waals surface area contributed by atoms with E-state index in [0.717, 1.165) is 10.1 Å². The third-order valence-electron chi connectivity index (χ3n) is 4.52. The van der Waals surface area contributed by atoms with Crippen molar-refractivity contribution in [2.75, 3.05) is 25.0 Å². The molecule has 8 heteroatoms. The van der Waals surface area contributed by atoms with Crippen LogP contribution in [0.4, 0.5) is 10.5 Å². The van der Waals surface area contributed by atoms with E-state index in [4.69, 9.17) is 4.74 Å². The van der Waals surface area contributed by atoms with Crippen molar-refractivity contribution in [2.24, 2.45) is 5.41 Å². The number of thiophene rings is 1. The van der Waals surface area contributed by atoms with E-state index < -0.39 is 11.4 Å². The first kappa shape index (κ1) is 18.2. The zero-order chi connectivity index (χ0) is 18.9. The number of rotatable bonds is 4. The van der Waals surface area contributed by atoms with Crippen molar-refractivity contribution in [3.05, 3.63) is 29.1 Å². The summed E-state index contributed by atoms with van der Waals surface area (Å²) in [6.45, 7) is 4.31. The number of carbonyl (C=O) groups excluding carboxylic acids is 2. The van der Waals surface area contributed by atoms with Crippen LogP contribution in [0.15, 0.2) is 24.3 Å². The van der Waals surface area contributed by atoms with Crippen LogP contribution in [0.25, 0.3) is 10.1 Å². The van der Waals surface area contributed by atoms with Crippen LogP contribution in [-0.4, -0.2) is 47.7 Å². The van der Waals surface area contributed by atoms with Crippen LogP contribution >= 0.6 is 11.3 Å². The Bertz CT molecular complexity index is 878. The molecule has 7 nitrogen and oxygen atoms in total. The summed E-state index contributed by atoms with van der Waals surface area (Å²) in [5.41, 5.74) is -0.303. The summed E-state index contributed by atoms with van der Waals surface area (Å²) in [7, 11) is 0. The predicted octanol–water partition coefficient (Wildman–Crippen LogP) is 3.41. The third-order valence-corrected chi connectivity index (χ3v) is 5.62. The second-order valence-corrected chi connectivity index (χ2v) is 7.64. The molecule has 1 aromatic heterocycles. The average molecular weight is 376 g/mol. The van der Waals surface area contributed by atoms with Gasteiger partial charge in [-0.3, -0.25) is 4.79 Å². The molecule has 1 fully saturated rings. The van der Waals surface area contributed by atoms with E-state index in [1.807, 2.05) is 6.07 Å². The maximum atomic E-state index is 12.4. The summed E-state index contributed by atoms with van der Waals surface area (Å²) in [5, 5.41) is 12.9. The van der Waals surface area contributed by atoms with E-state index in [-0.39, 0.29) is 18.5 Å². The van der Waals surface area contributed by atoms with Crippen LogP contribution in [0.2, 0.25) is 0 Å². The smallest absolute Gasteiger partial charge is 0.348 e. The van der Waals surface area contributed by atoms with Gasteiger partial charge in [-0.05, 0) is 49.9 Å². The Kier molecular flexibility index (Phi) is 4.86. The molecule has 0 bridgehead atoms. The number of nitrogens with zero attached hydrogens (tertiary/aromatic N) is 1. The molecule has 2 heterocycles. The number of hydrogen-bond acceptors (Lipinski definition) is 5. The number of fused-ring (bicyclic) bond motifs is 1. The first-order valence-corrected chi connectivity index (χ1v) is 9.14. The number of carboxylic acids is 1. The van der Waals surface area contributed by atoms with Crippen molar-refractivity contribution in [3.63, 3.8) is 0 Å². The van der Waals surface area contributed by atoms with Gasteiger partial charge >= 0.3 is 18.0 Å². The number of amides is 2. The van der Waals surface area contributed by atoms with Crippen LogP contribution in [0.1, 0.15) is 29.9 Å². The fourth-order valence-electron chi connectivity index (χ4n) is 2.94. The van der Waals surface area contributed by atoms with Gasteiger partial charge in [0.1, 0.15) is 4.88 Å². The molecule has 1 saturated heterocycles. The lowest BCUT2D eigenvalue weighted by molar-refractivity contribution is -0.146. The van der Waals surface area contributed by atoms with Crippen molar-refractivity contribution >= 4 is 45.1 Å². The highest BCUT2D eigenvalue weighted by Crippen LogP contribution is 2.31. The maximum absolute atomic E-state index is 12.4. The van der Waals surface area contributed by atoms with Crippen molar-refractivity contribution in [1.82, 2.24) is 4.90 Å². The highest BCUT2D eigenvalue weighted by Gasteiger charge is 2.42. The minimum absolute atomic E-state index is 0.182. The normalized spacial score (nSPS) is 19.5. The van der Waals surface area contributed by atoms with Crippen LogP contribution in [0.3, 0.4) is 0 Å². The van der Waals surface area contributed by atoms with Gasteiger partial charge in [-0.15, -0.1) is 11.3 Å². The number of urea groups is 1. The minimum atomic E-state index is -0.900. The molecule has 3 rings (SSSR count). The molecule has 2 N–H and O–H groups in total. The van der Waals surface area contributed by atoms with Gasteiger partial charge in [-0.25, -0.2) is 9.59 Å². The second kappa shape index (κ2) is 6.95. The molecule has 26 heavy (non-hydrogen) atoms. The molecule has 1 atom stereocenters. The third kappa shape index (κ3) is 3.50. The predicted molar refractivity (Wildman–Crippen MR) is 98.7 cm³/mol. The molecule has 1 aromatic carbocycles. The lowest BCUT2D eigenvalue weighted by Gasteiger charge is -2.20. The largest absolute Gasteiger partial charge is 0.481 e. The van der Waals surface area contributed by atoms with Crippen LogP contribution < -0.4 is 5.32 Å². The Labute approximate surface area is 154 Å². The maximum Gasteiger partial charge on any atom is 0.348 e. The van der Waals surface area contributed by atoms with Gasteiger partial charge < -0.3 is 20.1 Å². The van der Waals surface area contributed by atoms with Gasteiger partial charge in [0.05, 0.1) is 12.0 Å². The molecule has 1 aliphatic heterocycles. The molecule has 2 aromatic rings. The number of aliphatic carboxylic acids is 1. The van der Waals surface area contributed by atoms with Gasteiger partial charge in [0.15, 0.2) is 0 Å². The molecule has 0 aliphatic carbocycles. The standard InChI is InChI=1S/C18H20N2O5S/c1-3-25-15(21)14-9-11-8-12(4-5-13(11)26-14)19-17(24)20-7-6-18(2,10-20)16(22)23/h4-5,8-9H,3,6-7,10H2,1-2H3,(H,19,24)(H,22,23). The van der Waals surface area contributed by atoms with E-state index in [0.29, 0.717) is 30.1 Å². The van der Waals surface area contributed by atoms with E-state index >= 15 is 0 Å². The Balaban J connectivity index is 1.72. The summed E-state index contributed by atoms with van der Waals surface area (Å²) in [6, 6.07) is 6.81. The Morgan fingerprint density at radius 3 is 2.77 bits per heavy atom. The van der Waals surface area contributed by atoms with Gasteiger partial charge in [0, 0.05) is 23.5 Å². The summed E-state index contributed by atoms with van der Waals surface area (Å²) in [6.07, 6.45) is 0.433. The first-order valence-electron chi connectivity index (χ1n) is 8.32. The number of nitrogens with one attached hydrogen (secondary N) is 1. The molecular formula is C18H20N2O5S. The summed E-state index contributed by atoms with van der Waals surface area (Å²) in [4.78, 5) is 37.6. The van der Waals surface area contributed by atoms with Gasteiger partial charge in [-0.2, -0.15) is 0 Å². The van der Waals surface area contributed by atoms with E-state index in [1.165, 1.54) is 16.2 Å². The Morgan fingerprint density at radius 2 is 2.12 bits per heavy atom. The summed E-state index contributed by atoms with van der Waals surface area (Å²) < 4.78 is 5.93. The zero-order valence-electron chi connectivity index (χ0n) is 14.6. The van der Waals surface area contributed by atoms with Crippen LogP contribution in [-0.2, 0) is 9.53 Å². The first-order chi connectivity index (χ1) is 12.3. The van der Waals surface area contributed by atoms with Gasteiger partial charge in [-0.1, -0.05) is 0 Å². The number of carbonyl (C=O) groups is 3. The van der Waals surface area contributed by atoms with E-state index in [1.54, 1.807) is 32.0 Å². The molecule has 2 amide bonds. The fourth-order valence-corrected chi connectivity index (χ4v) is 3.87. The SMILES string of the molecule is CCOC(=O)c1cc2cc(NC(=O)N3CCC(C)(C(=O)O)C3)ccc2s1. The molecule has 0 radical (unpaired) electrons. The molecule has 0 spiro atoms. The summed E-state index contributed by atoms with van der Waals surface area (Å²) in [5.74, 6) is -1.25. The van der Waals surface area contributed by atoms with E-state index in [2.05, 4.69) is 5.32 Å². The Morgan fingerprint density at radius 1 is 1.35 bits per heavy atom. The quantitative estimate of drug-likeness (QED) is 0.797. The molecule has 138 valence electrons. The number of ether oxygens (including phenoxy) is 1. The number of benzene rings is 1. The fraction of sp³-hybridized carbons (Fsp3) is 0.389. The number of esters is 1. The van der Waals surface area contributed by atoms with Crippen molar-refractivity contribution < 1.29 is 24.2 Å². The van der Waals surface area contributed by atoms with Crippen molar-refractivity contribution in [3.8, 4) is 0 Å². The van der Waals surface area contributed by atoms with Crippen LogP contribution in [0.5, 0.6) is 0 Å². The minimum Gasteiger partial charge on any atom is -0.481 e. The highest BCUT2D eigenvalue weighted by atomic mass is 32.1. The highest BCUT2D eigenvalue weighted by molar-refractivity contribution is 7.20. The second-order valence-electron chi connectivity index (χ2n) is 6.55.